The number of aromatic nitrogens is 1. The van der Waals surface area contributed by atoms with E-state index in [9.17, 15) is 4.79 Å². The third-order valence-electron chi connectivity index (χ3n) is 6.38. The zero-order valence-corrected chi connectivity index (χ0v) is 16.1. The van der Waals surface area contributed by atoms with Gasteiger partial charge in [0, 0.05) is 32.2 Å². The van der Waals surface area contributed by atoms with Crippen LogP contribution in [-0.4, -0.2) is 54.0 Å². The fraction of sp³-hybridized carbons (Fsp3) is 0.800. The zero-order chi connectivity index (χ0) is 18.3. The molecule has 1 aromatic heterocycles. The maximum absolute atomic E-state index is 13.1. The summed E-state index contributed by atoms with van der Waals surface area (Å²) in [5.41, 5.74) is 0.168. The minimum atomic E-state index is -0.236. The van der Waals surface area contributed by atoms with Gasteiger partial charge in [-0.15, -0.1) is 0 Å². The number of ether oxygens (including phenoxy) is 2. The molecule has 2 saturated carbocycles. The summed E-state index contributed by atoms with van der Waals surface area (Å²) in [4.78, 5) is 15.0. The number of carbonyl (C=O) groups excluding carboxylic acids is 1. The van der Waals surface area contributed by atoms with E-state index < -0.39 is 0 Å². The Bertz CT molecular complexity index is 654. The molecular weight excluding hydrogens is 332 g/mol. The van der Waals surface area contributed by atoms with E-state index in [2.05, 4.69) is 5.16 Å². The molecule has 144 valence electrons. The number of fused-ring (bicyclic) bond motifs is 1. The van der Waals surface area contributed by atoms with Gasteiger partial charge in [-0.05, 0) is 44.4 Å². The summed E-state index contributed by atoms with van der Waals surface area (Å²) in [5, 5.41) is 4.02. The van der Waals surface area contributed by atoms with Crippen LogP contribution in [0.5, 0.6) is 0 Å². The molecule has 1 amide bonds. The molecule has 0 radical (unpaired) electrons. The molecule has 4 rings (SSSR count). The molecular formula is C20H30N2O4. The number of hydrogen-bond acceptors (Lipinski definition) is 5. The third kappa shape index (κ3) is 3.29. The largest absolute Gasteiger partial charge is 0.378 e. The van der Waals surface area contributed by atoms with E-state index in [0.29, 0.717) is 12.2 Å². The van der Waals surface area contributed by atoms with Gasteiger partial charge in [-0.2, -0.15) is 0 Å². The molecule has 3 fully saturated rings. The molecule has 3 aliphatic rings. The Morgan fingerprint density at radius 3 is 2.85 bits per heavy atom. The van der Waals surface area contributed by atoms with E-state index >= 15 is 0 Å². The average Bonchev–Trinajstić information content (AvgIpc) is 3.20. The van der Waals surface area contributed by atoms with Crippen molar-refractivity contribution in [2.24, 2.45) is 5.92 Å². The summed E-state index contributed by atoms with van der Waals surface area (Å²) in [5.74, 6) is 1.68. The summed E-state index contributed by atoms with van der Waals surface area (Å²) in [6.45, 7) is 5.63. The van der Waals surface area contributed by atoms with E-state index in [4.69, 9.17) is 14.0 Å². The van der Waals surface area contributed by atoms with E-state index in [0.717, 1.165) is 44.0 Å². The Labute approximate surface area is 155 Å². The lowest BCUT2D eigenvalue weighted by molar-refractivity contribution is -0.0977. The highest BCUT2D eigenvalue weighted by Crippen LogP contribution is 2.44. The van der Waals surface area contributed by atoms with Gasteiger partial charge in [0.1, 0.15) is 5.76 Å². The summed E-state index contributed by atoms with van der Waals surface area (Å²) < 4.78 is 17.4. The minimum Gasteiger partial charge on any atom is -0.378 e. The molecule has 0 aromatic carbocycles. The molecule has 6 heteroatoms. The molecule has 2 heterocycles. The molecule has 0 N–H and O–H groups in total. The first-order valence-electron chi connectivity index (χ1n) is 9.97. The summed E-state index contributed by atoms with van der Waals surface area (Å²) in [7, 11) is 1.78. The number of methoxy groups -OCH3 is 1. The van der Waals surface area contributed by atoms with Crippen molar-refractivity contribution in [3.8, 4) is 0 Å². The van der Waals surface area contributed by atoms with E-state index in [1.54, 1.807) is 13.2 Å². The lowest BCUT2D eigenvalue weighted by Crippen LogP contribution is -2.53. The van der Waals surface area contributed by atoms with E-state index in [1.807, 2.05) is 18.7 Å². The monoisotopic (exact) mass is 362 g/mol. The predicted octanol–water partition coefficient (Wildman–Crippen LogP) is 3.38. The molecule has 3 atom stereocenters. The standard InChI is InChI=1S/C20H30N2O4/c1-13(2)17-11-16(21-26-17)19(23)22-9-8-20(24-3)7-6-15(10-18(20)22)25-12-14-4-5-14/h11,13-15,18H,4-10,12H2,1-3H3/t15-,18+,20-/m1/s1. The van der Waals surface area contributed by atoms with Gasteiger partial charge in [0.2, 0.25) is 0 Å². The number of rotatable bonds is 6. The van der Waals surface area contributed by atoms with Crippen molar-refractivity contribution in [3.05, 3.63) is 17.5 Å². The van der Waals surface area contributed by atoms with Gasteiger partial charge in [-0.1, -0.05) is 19.0 Å². The number of likely N-dealkylation sites (tertiary alicyclic amines) is 1. The lowest BCUT2D eigenvalue weighted by atomic mass is 9.79. The second-order valence-electron chi connectivity index (χ2n) is 8.48. The molecule has 0 bridgehead atoms. The van der Waals surface area contributed by atoms with Crippen LogP contribution in [0.4, 0.5) is 0 Å². The van der Waals surface area contributed by atoms with Gasteiger partial charge < -0.3 is 18.9 Å². The molecule has 1 aliphatic heterocycles. The minimum absolute atomic E-state index is 0.0487. The second-order valence-corrected chi connectivity index (χ2v) is 8.48. The average molecular weight is 362 g/mol. The fourth-order valence-electron chi connectivity index (χ4n) is 4.42. The maximum Gasteiger partial charge on any atom is 0.276 e. The number of amides is 1. The van der Waals surface area contributed by atoms with Crippen LogP contribution in [0.2, 0.25) is 0 Å². The smallest absolute Gasteiger partial charge is 0.276 e. The van der Waals surface area contributed by atoms with Crippen molar-refractivity contribution in [1.82, 2.24) is 10.1 Å². The first kappa shape index (κ1) is 18.0. The van der Waals surface area contributed by atoms with Gasteiger partial charge in [-0.3, -0.25) is 4.79 Å². The highest BCUT2D eigenvalue weighted by atomic mass is 16.5. The van der Waals surface area contributed by atoms with Crippen LogP contribution in [-0.2, 0) is 9.47 Å². The van der Waals surface area contributed by atoms with Gasteiger partial charge in [-0.25, -0.2) is 0 Å². The SMILES string of the molecule is CO[C@@]12CC[C@@H](OCC3CC3)C[C@@H]1N(C(=O)c1cc(C(C)C)on1)CC2. The zero-order valence-electron chi connectivity index (χ0n) is 16.1. The van der Waals surface area contributed by atoms with Crippen LogP contribution in [0.3, 0.4) is 0 Å². The first-order chi connectivity index (χ1) is 12.5. The van der Waals surface area contributed by atoms with Crippen molar-refractivity contribution in [1.29, 1.82) is 0 Å². The molecule has 26 heavy (non-hydrogen) atoms. The summed E-state index contributed by atoms with van der Waals surface area (Å²) in [6, 6.07) is 1.83. The normalized spacial score (nSPS) is 31.5. The number of nitrogens with zero attached hydrogens (tertiary/aromatic N) is 2. The first-order valence-corrected chi connectivity index (χ1v) is 9.97. The topological polar surface area (TPSA) is 64.8 Å². The van der Waals surface area contributed by atoms with Crippen molar-refractivity contribution < 1.29 is 18.8 Å². The van der Waals surface area contributed by atoms with Crippen LogP contribution in [0, 0.1) is 5.92 Å². The Hall–Kier alpha value is -1.40. The van der Waals surface area contributed by atoms with Crippen molar-refractivity contribution in [3.63, 3.8) is 0 Å². The third-order valence-corrected chi connectivity index (χ3v) is 6.38. The van der Waals surface area contributed by atoms with Crippen molar-refractivity contribution >= 4 is 5.91 Å². The van der Waals surface area contributed by atoms with E-state index in [-0.39, 0.29) is 29.6 Å². The summed E-state index contributed by atoms with van der Waals surface area (Å²) >= 11 is 0. The molecule has 6 nitrogen and oxygen atoms in total. The summed E-state index contributed by atoms with van der Waals surface area (Å²) in [6.07, 6.45) is 6.51. The molecule has 0 spiro atoms. The van der Waals surface area contributed by atoms with Crippen molar-refractivity contribution in [2.45, 2.75) is 76.0 Å². The highest BCUT2D eigenvalue weighted by Gasteiger charge is 2.53. The Morgan fingerprint density at radius 1 is 1.38 bits per heavy atom. The second kappa shape index (κ2) is 6.97. The van der Waals surface area contributed by atoms with Gasteiger partial charge in [0.15, 0.2) is 5.69 Å². The van der Waals surface area contributed by atoms with Gasteiger partial charge in [0.25, 0.3) is 5.91 Å². The van der Waals surface area contributed by atoms with Gasteiger partial charge >= 0.3 is 0 Å². The van der Waals surface area contributed by atoms with Crippen LogP contribution >= 0.6 is 0 Å². The fourth-order valence-corrected chi connectivity index (χ4v) is 4.42. The quantitative estimate of drug-likeness (QED) is 0.776. The Kier molecular flexibility index (Phi) is 4.82. The van der Waals surface area contributed by atoms with Crippen molar-refractivity contribution in [2.75, 3.05) is 20.3 Å². The van der Waals surface area contributed by atoms with Crippen LogP contribution in [0.25, 0.3) is 0 Å². The molecule has 1 aromatic rings. The highest BCUT2D eigenvalue weighted by molar-refractivity contribution is 5.92. The molecule has 2 aliphatic carbocycles. The van der Waals surface area contributed by atoms with Crippen LogP contribution in [0.15, 0.2) is 10.6 Å². The van der Waals surface area contributed by atoms with E-state index in [1.165, 1.54) is 12.8 Å². The Balaban J connectivity index is 1.48. The maximum atomic E-state index is 13.1. The van der Waals surface area contributed by atoms with Crippen LogP contribution < -0.4 is 0 Å². The number of carbonyl (C=O) groups is 1. The van der Waals surface area contributed by atoms with Crippen LogP contribution in [0.1, 0.15) is 74.5 Å². The molecule has 1 saturated heterocycles. The Morgan fingerprint density at radius 2 is 2.19 bits per heavy atom. The number of hydrogen-bond donors (Lipinski definition) is 0. The van der Waals surface area contributed by atoms with Gasteiger partial charge in [0.05, 0.1) is 17.7 Å². The molecule has 0 unspecified atom stereocenters. The predicted molar refractivity (Wildman–Crippen MR) is 96.1 cm³/mol. The lowest BCUT2D eigenvalue weighted by Gasteiger charge is -2.43.